The van der Waals surface area contributed by atoms with Crippen molar-refractivity contribution in [2.24, 2.45) is 0 Å². The average molecular weight is 304 g/mol. The van der Waals surface area contributed by atoms with E-state index < -0.39 is 0 Å². The van der Waals surface area contributed by atoms with Crippen molar-refractivity contribution in [2.45, 2.75) is 13.3 Å². The lowest BCUT2D eigenvalue weighted by Gasteiger charge is -2.34. The number of fused-ring (bicyclic) bond motifs is 1. The predicted octanol–water partition coefficient (Wildman–Crippen LogP) is -0.832. The fourth-order valence-corrected chi connectivity index (χ4v) is 2.47. The minimum atomic E-state index is 0.100. The Balaban J connectivity index is 1.53. The smallest absolute Gasteiger partial charge is 0.234 e. The van der Waals surface area contributed by atoms with Crippen molar-refractivity contribution < 1.29 is 4.79 Å². The predicted molar refractivity (Wildman–Crippen MR) is 80.5 cm³/mol. The van der Waals surface area contributed by atoms with Gasteiger partial charge in [-0.2, -0.15) is 0 Å². The van der Waals surface area contributed by atoms with Crippen molar-refractivity contribution in [2.75, 3.05) is 44.2 Å². The number of rotatable bonds is 5. The monoisotopic (exact) mass is 304 g/mol. The molecule has 1 saturated heterocycles. The van der Waals surface area contributed by atoms with E-state index in [1.54, 1.807) is 0 Å². The molecule has 2 aromatic rings. The van der Waals surface area contributed by atoms with Crippen LogP contribution in [0.1, 0.15) is 13.3 Å². The molecule has 0 aromatic carbocycles. The van der Waals surface area contributed by atoms with Gasteiger partial charge in [-0.05, 0) is 29.0 Å². The second-order valence-corrected chi connectivity index (χ2v) is 5.33. The number of anilines is 1. The van der Waals surface area contributed by atoms with Gasteiger partial charge in [-0.25, -0.2) is 0 Å². The molecule has 0 aliphatic carbocycles. The van der Waals surface area contributed by atoms with Gasteiger partial charge in [-0.1, -0.05) is 6.92 Å². The van der Waals surface area contributed by atoms with Crippen LogP contribution in [0.25, 0.3) is 5.65 Å². The number of nitrogens with zero attached hydrogens (tertiary/aromatic N) is 7. The zero-order chi connectivity index (χ0) is 15.4. The number of hydrogen-bond acceptors (Lipinski definition) is 7. The maximum absolute atomic E-state index is 11.7. The van der Waals surface area contributed by atoms with Crippen LogP contribution in [-0.2, 0) is 4.79 Å². The molecule has 9 nitrogen and oxygen atoms in total. The van der Waals surface area contributed by atoms with E-state index in [0.29, 0.717) is 12.2 Å². The summed E-state index contributed by atoms with van der Waals surface area (Å²) in [4.78, 5) is 16.1. The number of carbonyl (C=O) groups excluding carboxylic acids is 1. The lowest BCUT2D eigenvalue weighted by atomic mass is 10.3. The maximum Gasteiger partial charge on any atom is 0.234 e. The topological polar surface area (TPSA) is 91.5 Å². The number of hydrogen-bond donors (Lipinski definition) is 1. The number of nitrogens with one attached hydrogen (secondary N) is 1. The molecule has 3 heterocycles. The minimum Gasteiger partial charge on any atom is -0.355 e. The van der Waals surface area contributed by atoms with E-state index in [2.05, 4.69) is 35.7 Å². The van der Waals surface area contributed by atoms with Gasteiger partial charge in [0.05, 0.1) is 6.54 Å². The van der Waals surface area contributed by atoms with E-state index in [1.165, 1.54) is 4.63 Å². The lowest BCUT2D eigenvalue weighted by Crippen LogP contribution is -2.49. The lowest BCUT2D eigenvalue weighted by molar-refractivity contribution is -0.122. The highest BCUT2D eigenvalue weighted by Crippen LogP contribution is 2.13. The Hall–Kier alpha value is -2.29. The zero-order valence-electron chi connectivity index (χ0n) is 12.6. The van der Waals surface area contributed by atoms with Crippen molar-refractivity contribution in [1.29, 1.82) is 0 Å². The second kappa shape index (κ2) is 6.65. The Labute approximate surface area is 128 Å². The molecule has 9 heteroatoms. The van der Waals surface area contributed by atoms with Crippen LogP contribution in [0.2, 0.25) is 0 Å². The summed E-state index contributed by atoms with van der Waals surface area (Å²) in [6.07, 6.45) is 0.963. The van der Waals surface area contributed by atoms with E-state index in [1.807, 2.05) is 19.1 Å². The summed E-state index contributed by atoms with van der Waals surface area (Å²) in [6.45, 7) is 6.61. The Morgan fingerprint density at radius 1 is 1.27 bits per heavy atom. The zero-order valence-corrected chi connectivity index (χ0v) is 12.6. The molecule has 0 unspecified atom stereocenters. The molecule has 0 saturated carbocycles. The van der Waals surface area contributed by atoms with Gasteiger partial charge in [0.2, 0.25) is 5.91 Å². The maximum atomic E-state index is 11.7. The second-order valence-electron chi connectivity index (χ2n) is 5.33. The summed E-state index contributed by atoms with van der Waals surface area (Å²) >= 11 is 0. The van der Waals surface area contributed by atoms with Crippen molar-refractivity contribution in [3.63, 3.8) is 0 Å². The highest BCUT2D eigenvalue weighted by atomic mass is 16.2. The van der Waals surface area contributed by atoms with Gasteiger partial charge in [0.25, 0.3) is 0 Å². The summed E-state index contributed by atoms with van der Waals surface area (Å²) in [5, 5.41) is 18.5. The van der Waals surface area contributed by atoms with E-state index in [9.17, 15) is 4.79 Å². The molecule has 0 spiro atoms. The summed E-state index contributed by atoms with van der Waals surface area (Å²) in [5.74, 6) is 0.957. The number of carbonyl (C=O) groups is 1. The molecule has 1 aliphatic heterocycles. The van der Waals surface area contributed by atoms with Crippen LogP contribution in [0, 0.1) is 0 Å². The van der Waals surface area contributed by atoms with Crippen LogP contribution in [-0.4, -0.2) is 75.3 Å². The van der Waals surface area contributed by atoms with Crippen LogP contribution in [0.3, 0.4) is 0 Å². The van der Waals surface area contributed by atoms with Crippen LogP contribution in [0.15, 0.2) is 12.1 Å². The third-order valence-corrected chi connectivity index (χ3v) is 3.69. The first-order valence-electron chi connectivity index (χ1n) is 7.55. The number of amides is 1. The molecule has 118 valence electrons. The van der Waals surface area contributed by atoms with E-state index in [0.717, 1.165) is 45.0 Å². The minimum absolute atomic E-state index is 0.100. The van der Waals surface area contributed by atoms with E-state index >= 15 is 0 Å². The van der Waals surface area contributed by atoms with Crippen LogP contribution < -0.4 is 10.2 Å². The molecule has 0 radical (unpaired) electrons. The van der Waals surface area contributed by atoms with Gasteiger partial charge in [0.15, 0.2) is 11.5 Å². The quantitative estimate of drug-likeness (QED) is 0.770. The third kappa shape index (κ3) is 3.30. The fourth-order valence-electron chi connectivity index (χ4n) is 2.47. The fraction of sp³-hybridized carbons (Fsp3) is 0.615. The van der Waals surface area contributed by atoms with Gasteiger partial charge in [0.1, 0.15) is 0 Å². The number of piperazine rings is 1. The van der Waals surface area contributed by atoms with Gasteiger partial charge in [0, 0.05) is 32.7 Å². The normalized spacial score (nSPS) is 16.1. The van der Waals surface area contributed by atoms with Crippen LogP contribution in [0.5, 0.6) is 0 Å². The Kier molecular flexibility index (Phi) is 4.42. The van der Waals surface area contributed by atoms with Gasteiger partial charge in [-0.15, -0.1) is 14.8 Å². The van der Waals surface area contributed by atoms with Crippen molar-refractivity contribution in [3.8, 4) is 0 Å². The molecular formula is C13H20N8O. The molecule has 1 fully saturated rings. The Bertz CT molecular complexity index is 634. The standard InChI is InChI=1S/C13H20N8O/c1-2-5-14-13(22)10-19-6-8-20(9-7-19)12-4-3-11-15-17-18-21(11)16-12/h3-4H,2,5-10H2,1H3,(H,14,22). The molecule has 1 amide bonds. The third-order valence-electron chi connectivity index (χ3n) is 3.69. The Morgan fingerprint density at radius 3 is 2.86 bits per heavy atom. The first-order valence-corrected chi connectivity index (χ1v) is 7.55. The van der Waals surface area contributed by atoms with Crippen molar-refractivity contribution >= 4 is 17.4 Å². The van der Waals surface area contributed by atoms with Gasteiger partial charge < -0.3 is 10.2 Å². The first kappa shape index (κ1) is 14.6. The van der Waals surface area contributed by atoms with Crippen LogP contribution >= 0.6 is 0 Å². The SMILES string of the molecule is CCCNC(=O)CN1CCN(c2ccc3nnnn3n2)CC1. The van der Waals surface area contributed by atoms with Crippen molar-refractivity contribution in [1.82, 2.24) is 35.5 Å². The molecule has 2 aromatic heterocycles. The largest absolute Gasteiger partial charge is 0.355 e. The summed E-state index contributed by atoms with van der Waals surface area (Å²) in [7, 11) is 0. The molecule has 0 bridgehead atoms. The molecule has 22 heavy (non-hydrogen) atoms. The van der Waals surface area contributed by atoms with Gasteiger partial charge >= 0.3 is 0 Å². The summed E-state index contributed by atoms with van der Waals surface area (Å²) in [5.41, 5.74) is 0.634. The number of aromatic nitrogens is 5. The summed E-state index contributed by atoms with van der Waals surface area (Å²) in [6, 6.07) is 3.78. The molecule has 1 N–H and O–H groups in total. The molecular weight excluding hydrogens is 284 g/mol. The average Bonchev–Trinajstić information content (AvgIpc) is 3.01. The van der Waals surface area contributed by atoms with E-state index in [-0.39, 0.29) is 5.91 Å². The van der Waals surface area contributed by atoms with E-state index in [4.69, 9.17) is 0 Å². The Morgan fingerprint density at radius 2 is 2.09 bits per heavy atom. The number of tetrazole rings is 1. The first-order chi connectivity index (χ1) is 10.8. The molecule has 1 aliphatic rings. The van der Waals surface area contributed by atoms with Crippen LogP contribution in [0.4, 0.5) is 5.82 Å². The molecule has 0 atom stereocenters. The highest BCUT2D eigenvalue weighted by molar-refractivity contribution is 5.78. The molecule has 3 rings (SSSR count). The summed E-state index contributed by atoms with van der Waals surface area (Å²) < 4.78 is 1.43. The van der Waals surface area contributed by atoms with Crippen molar-refractivity contribution in [3.05, 3.63) is 12.1 Å². The highest BCUT2D eigenvalue weighted by Gasteiger charge is 2.20. The van der Waals surface area contributed by atoms with Gasteiger partial charge in [-0.3, -0.25) is 9.69 Å².